The van der Waals surface area contributed by atoms with Crippen molar-refractivity contribution in [3.63, 3.8) is 0 Å². The molecule has 2 nitrogen and oxygen atoms in total. The predicted molar refractivity (Wildman–Crippen MR) is 108 cm³/mol. The quantitative estimate of drug-likeness (QED) is 0.215. The number of aliphatic hydroxyl groups excluding tert-OH is 1. The van der Waals surface area contributed by atoms with Gasteiger partial charge in [0.15, 0.2) is 0 Å². The van der Waals surface area contributed by atoms with Crippen molar-refractivity contribution >= 4 is 0 Å². The van der Waals surface area contributed by atoms with E-state index in [1.807, 2.05) is 0 Å². The average Bonchev–Trinajstić information content (AvgIpc) is 2.55. The predicted octanol–water partition coefficient (Wildman–Crippen LogP) is 6.32. The van der Waals surface area contributed by atoms with Crippen molar-refractivity contribution in [3.05, 3.63) is 0 Å². The summed E-state index contributed by atoms with van der Waals surface area (Å²) in [6.45, 7) is 5.28. The molecule has 146 valence electrons. The molecule has 0 unspecified atom stereocenters. The van der Waals surface area contributed by atoms with Crippen LogP contribution >= 0.6 is 0 Å². The highest BCUT2D eigenvalue weighted by molar-refractivity contribution is 4.49. The van der Waals surface area contributed by atoms with Gasteiger partial charge < -0.3 is 9.59 Å². The van der Waals surface area contributed by atoms with Crippen LogP contribution in [0, 0.1) is 0 Å². The molecule has 0 bridgehead atoms. The topological polar surface area (TPSA) is 20.2 Å². The van der Waals surface area contributed by atoms with E-state index in [-0.39, 0.29) is 0 Å². The summed E-state index contributed by atoms with van der Waals surface area (Å²) in [6, 6.07) is 0. The number of rotatable bonds is 19. The number of unbranched alkanes of at least 4 members (excludes halogenated alkanes) is 14. The lowest BCUT2D eigenvalue weighted by Crippen LogP contribution is -2.41. The minimum absolute atomic E-state index is 0.358. The fourth-order valence-electron chi connectivity index (χ4n) is 3.50. The van der Waals surface area contributed by atoms with Crippen LogP contribution < -0.4 is 0 Å². The van der Waals surface area contributed by atoms with Crippen molar-refractivity contribution in [2.24, 2.45) is 0 Å². The van der Waals surface area contributed by atoms with Crippen LogP contribution in [0.5, 0.6) is 0 Å². The molecule has 0 amide bonds. The molecule has 0 fully saturated rings. The first-order valence-corrected chi connectivity index (χ1v) is 11.1. The van der Waals surface area contributed by atoms with Gasteiger partial charge in [-0.25, -0.2) is 0 Å². The largest absolute Gasteiger partial charge is 0.396 e. The van der Waals surface area contributed by atoms with Gasteiger partial charge in [0.2, 0.25) is 0 Å². The van der Waals surface area contributed by atoms with E-state index in [1.54, 1.807) is 0 Å². The van der Waals surface area contributed by atoms with Crippen molar-refractivity contribution in [2.75, 3.05) is 33.8 Å². The molecule has 0 aromatic rings. The fraction of sp³-hybridized carbons (Fsp3) is 1.00. The van der Waals surface area contributed by atoms with Gasteiger partial charge in [-0.15, -0.1) is 0 Å². The van der Waals surface area contributed by atoms with E-state index >= 15 is 0 Å². The Kier molecular flexibility index (Phi) is 17.7. The Morgan fingerprint density at radius 1 is 0.500 bits per heavy atom. The molecular weight excluding hydrogens is 294 g/mol. The van der Waals surface area contributed by atoms with Crippen LogP contribution in [0.3, 0.4) is 0 Å². The summed E-state index contributed by atoms with van der Waals surface area (Å²) in [4.78, 5) is 0. The molecule has 0 spiro atoms. The van der Waals surface area contributed by atoms with Crippen molar-refractivity contribution < 1.29 is 9.59 Å². The zero-order valence-electron chi connectivity index (χ0n) is 17.3. The molecule has 0 aliphatic carbocycles. The van der Waals surface area contributed by atoms with Gasteiger partial charge in [0.25, 0.3) is 0 Å². The molecule has 24 heavy (non-hydrogen) atoms. The average molecular weight is 343 g/mol. The van der Waals surface area contributed by atoms with Crippen LogP contribution in [-0.2, 0) is 0 Å². The lowest BCUT2D eigenvalue weighted by atomic mass is 10.1. The summed E-state index contributed by atoms with van der Waals surface area (Å²) >= 11 is 0. The highest BCUT2D eigenvalue weighted by Gasteiger charge is 2.13. The van der Waals surface area contributed by atoms with Gasteiger partial charge >= 0.3 is 0 Å². The highest BCUT2D eigenvalue weighted by atomic mass is 16.2. The van der Waals surface area contributed by atoms with E-state index in [0.717, 1.165) is 6.42 Å². The van der Waals surface area contributed by atoms with Gasteiger partial charge in [-0.2, -0.15) is 0 Å². The molecule has 0 atom stereocenters. The Balaban J connectivity index is 3.27. The zero-order chi connectivity index (χ0) is 17.9. The van der Waals surface area contributed by atoms with Crippen molar-refractivity contribution in [1.29, 1.82) is 0 Å². The summed E-state index contributed by atoms with van der Waals surface area (Å²) in [5, 5.41) is 8.80. The second-order valence-electron chi connectivity index (χ2n) is 8.41. The Hall–Kier alpha value is -0.0800. The highest BCUT2D eigenvalue weighted by Crippen LogP contribution is 2.13. The molecule has 0 aromatic carbocycles. The summed E-state index contributed by atoms with van der Waals surface area (Å²) in [7, 11) is 4.76. The second kappa shape index (κ2) is 17.7. The smallest absolute Gasteiger partial charge is 0.0782 e. The third-order valence-corrected chi connectivity index (χ3v) is 5.29. The molecule has 0 radical (unpaired) electrons. The van der Waals surface area contributed by atoms with E-state index in [0.29, 0.717) is 6.61 Å². The molecule has 0 saturated carbocycles. The summed E-state index contributed by atoms with van der Waals surface area (Å²) in [5.74, 6) is 0. The molecular formula is C22H48NO+. The van der Waals surface area contributed by atoms with Crippen molar-refractivity contribution in [3.8, 4) is 0 Å². The van der Waals surface area contributed by atoms with Gasteiger partial charge in [0, 0.05) is 6.61 Å². The van der Waals surface area contributed by atoms with Crippen LogP contribution in [-0.4, -0.2) is 43.4 Å². The summed E-state index contributed by atoms with van der Waals surface area (Å²) in [5.41, 5.74) is 0. The molecule has 0 saturated heterocycles. The zero-order valence-corrected chi connectivity index (χ0v) is 17.3. The Labute approximate surface area is 153 Å². The number of hydrogen-bond acceptors (Lipinski definition) is 1. The molecule has 1 N–H and O–H groups in total. The number of quaternary nitrogens is 1. The molecule has 0 aliphatic heterocycles. The summed E-state index contributed by atoms with van der Waals surface area (Å²) < 4.78 is 1.18. The number of aliphatic hydroxyl groups is 1. The second-order valence-corrected chi connectivity index (χ2v) is 8.41. The van der Waals surface area contributed by atoms with E-state index in [2.05, 4.69) is 21.0 Å². The SMILES string of the molecule is CCCCCCCCCCCCCC[N+](C)(C)CCCCCCO. The van der Waals surface area contributed by atoms with Crippen LogP contribution in [0.15, 0.2) is 0 Å². The van der Waals surface area contributed by atoms with Crippen molar-refractivity contribution in [2.45, 2.75) is 110 Å². The lowest BCUT2D eigenvalue weighted by Gasteiger charge is -2.30. The monoisotopic (exact) mass is 342 g/mol. The van der Waals surface area contributed by atoms with E-state index in [4.69, 9.17) is 5.11 Å². The Morgan fingerprint density at radius 2 is 0.833 bits per heavy atom. The third kappa shape index (κ3) is 18.3. The van der Waals surface area contributed by atoms with E-state index < -0.39 is 0 Å². The first-order valence-electron chi connectivity index (χ1n) is 11.1. The van der Waals surface area contributed by atoms with Gasteiger partial charge in [-0.3, -0.25) is 0 Å². The van der Waals surface area contributed by atoms with Gasteiger partial charge in [0.1, 0.15) is 0 Å². The summed E-state index contributed by atoms with van der Waals surface area (Å²) in [6.07, 6.45) is 22.0. The molecule has 0 aromatic heterocycles. The van der Waals surface area contributed by atoms with Gasteiger partial charge in [-0.1, -0.05) is 77.6 Å². The maximum absolute atomic E-state index is 8.80. The number of hydrogen-bond donors (Lipinski definition) is 1. The molecule has 0 rings (SSSR count). The first kappa shape index (κ1) is 23.9. The Morgan fingerprint density at radius 3 is 1.21 bits per heavy atom. The molecule has 2 heteroatoms. The first-order chi connectivity index (χ1) is 11.6. The maximum atomic E-state index is 8.80. The Bertz CT molecular complexity index is 240. The van der Waals surface area contributed by atoms with Gasteiger partial charge in [0.05, 0.1) is 27.2 Å². The lowest BCUT2D eigenvalue weighted by molar-refractivity contribution is -0.890. The molecule has 0 heterocycles. The minimum Gasteiger partial charge on any atom is -0.396 e. The van der Waals surface area contributed by atoms with Crippen LogP contribution in [0.1, 0.15) is 110 Å². The number of nitrogens with zero attached hydrogens (tertiary/aromatic N) is 1. The van der Waals surface area contributed by atoms with Crippen molar-refractivity contribution in [1.82, 2.24) is 0 Å². The molecule has 0 aliphatic rings. The maximum Gasteiger partial charge on any atom is 0.0782 e. The standard InChI is InChI=1S/C22H48NO/c1-4-5-6-7-8-9-10-11-12-13-14-17-20-23(2,3)21-18-15-16-19-22-24/h24H,4-22H2,1-3H3/q+1. The normalized spacial score (nSPS) is 12.0. The van der Waals surface area contributed by atoms with Crippen LogP contribution in [0.25, 0.3) is 0 Å². The van der Waals surface area contributed by atoms with Crippen LogP contribution in [0.4, 0.5) is 0 Å². The third-order valence-electron chi connectivity index (χ3n) is 5.29. The van der Waals surface area contributed by atoms with Gasteiger partial charge in [-0.05, 0) is 32.1 Å². The van der Waals surface area contributed by atoms with E-state index in [9.17, 15) is 0 Å². The van der Waals surface area contributed by atoms with Crippen LogP contribution in [0.2, 0.25) is 0 Å². The minimum atomic E-state index is 0.358. The van der Waals surface area contributed by atoms with E-state index in [1.165, 1.54) is 114 Å². The fourth-order valence-corrected chi connectivity index (χ4v) is 3.50.